The van der Waals surface area contributed by atoms with Crippen LogP contribution < -0.4 is 5.56 Å². The normalized spacial score (nSPS) is 12.4. The third kappa shape index (κ3) is 3.20. The third-order valence-corrected chi connectivity index (χ3v) is 2.16. The van der Waals surface area contributed by atoms with Crippen molar-refractivity contribution in [2.75, 3.05) is 6.61 Å². The molecule has 5 heteroatoms. The van der Waals surface area contributed by atoms with Gasteiger partial charge in [0.05, 0.1) is 6.54 Å². The molecule has 0 bridgehead atoms. The lowest BCUT2D eigenvalue weighted by Gasteiger charge is -2.13. The molecule has 16 heavy (non-hydrogen) atoms. The summed E-state index contributed by atoms with van der Waals surface area (Å²) in [4.78, 5) is 22.3. The van der Waals surface area contributed by atoms with Crippen molar-refractivity contribution in [3.8, 4) is 0 Å². The Kier molecular flexibility index (Phi) is 4.25. The van der Waals surface area contributed by atoms with Crippen molar-refractivity contribution >= 4 is 5.97 Å². The molecule has 88 valence electrons. The lowest BCUT2D eigenvalue weighted by Crippen LogP contribution is -2.33. The van der Waals surface area contributed by atoms with Crippen LogP contribution in [0.15, 0.2) is 23.1 Å². The van der Waals surface area contributed by atoms with Gasteiger partial charge < -0.3 is 14.4 Å². The first-order valence-electron chi connectivity index (χ1n) is 5.06. The van der Waals surface area contributed by atoms with Gasteiger partial charge in [0, 0.05) is 18.9 Å². The van der Waals surface area contributed by atoms with E-state index in [1.54, 1.807) is 19.2 Å². The number of aromatic nitrogens is 1. The van der Waals surface area contributed by atoms with Gasteiger partial charge in [-0.2, -0.15) is 0 Å². The second kappa shape index (κ2) is 5.46. The highest BCUT2D eigenvalue weighted by Gasteiger charge is 2.18. The number of carboxylic acid groups (broad SMARTS) is 1. The number of rotatable bonds is 5. The van der Waals surface area contributed by atoms with Crippen LogP contribution in [0, 0.1) is 6.92 Å². The monoisotopic (exact) mass is 225 g/mol. The molecular formula is C11H15NO4. The van der Waals surface area contributed by atoms with Gasteiger partial charge in [0.1, 0.15) is 0 Å². The maximum Gasteiger partial charge on any atom is 0.334 e. The number of aliphatic carboxylic acids is 1. The highest BCUT2D eigenvalue weighted by molar-refractivity contribution is 5.72. The summed E-state index contributed by atoms with van der Waals surface area (Å²) in [7, 11) is 0. The number of pyridine rings is 1. The molecule has 0 spiro atoms. The predicted molar refractivity (Wildman–Crippen MR) is 58.5 cm³/mol. The fourth-order valence-corrected chi connectivity index (χ4v) is 1.34. The molecule has 0 amide bonds. The summed E-state index contributed by atoms with van der Waals surface area (Å²) in [5, 5.41) is 8.87. The predicted octanol–water partition coefficient (Wildman–Crippen LogP) is 0.646. The SMILES string of the molecule is CCOC(Cn1ccc(C)cc1=O)C(=O)O. The van der Waals surface area contributed by atoms with Crippen LogP contribution in [0.25, 0.3) is 0 Å². The zero-order valence-corrected chi connectivity index (χ0v) is 9.34. The molecule has 5 nitrogen and oxygen atoms in total. The van der Waals surface area contributed by atoms with Crippen LogP contribution in [0.3, 0.4) is 0 Å². The molecule has 1 atom stereocenters. The van der Waals surface area contributed by atoms with Gasteiger partial charge in [-0.3, -0.25) is 4.79 Å². The van der Waals surface area contributed by atoms with Crippen molar-refractivity contribution in [3.63, 3.8) is 0 Å². The largest absolute Gasteiger partial charge is 0.479 e. The van der Waals surface area contributed by atoms with E-state index in [9.17, 15) is 9.59 Å². The van der Waals surface area contributed by atoms with E-state index in [-0.39, 0.29) is 12.1 Å². The van der Waals surface area contributed by atoms with Crippen molar-refractivity contribution in [3.05, 3.63) is 34.2 Å². The second-order valence-electron chi connectivity index (χ2n) is 3.48. The number of hydrogen-bond donors (Lipinski definition) is 1. The molecular weight excluding hydrogens is 210 g/mol. The molecule has 0 saturated carbocycles. The molecule has 1 aromatic heterocycles. The quantitative estimate of drug-likeness (QED) is 0.798. The highest BCUT2D eigenvalue weighted by atomic mass is 16.5. The molecule has 0 aliphatic heterocycles. The summed E-state index contributed by atoms with van der Waals surface area (Å²) in [6.07, 6.45) is 0.595. The highest BCUT2D eigenvalue weighted by Crippen LogP contribution is 1.98. The summed E-state index contributed by atoms with van der Waals surface area (Å²) in [6.45, 7) is 3.86. The van der Waals surface area contributed by atoms with Crippen LogP contribution in [-0.2, 0) is 16.1 Å². The first kappa shape index (κ1) is 12.4. The summed E-state index contributed by atoms with van der Waals surface area (Å²) < 4.78 is 6.37. The third-order valence-electron chi connectivity index (χ3n) is 2.16. The Morgan fingerprint density at radius 1 is 1.62 bits per heavy atom. The Morgan fingerprint density at radius 2 is 2.31 bits per heavy atom. The van der Waals surface area contributed by atoms with Crippen LogP contribution in [-0.4, -0.2) is 28.4 Å². The van der Waals surface area contributed by atoms with Crippen LogP contribution in [0.5, 0.6) is 0 Å². The van der Waals surface area contributed by atoms with E-state index in [0.717, 1.165) is 5.56 Å². The Balaban J connectivity index is 2.85. The minimum Gasteiger partial charge on any atom is -0.479 e. The van der Waals surface area contributed by atoms with Crippen LogP contribution in [0.2, 0.25) is 0 Å². The molecule has 1 unspecified atom stereocenters. The maximum atomic E-state index is 11.5. The van der Waals surface area contributed by atoms with Gasteiger partial charge >= 0.3 is 5.97 Å². The standard InChI is InChI=1S/C11H15NO4/c1-3-16-9(11(14)15)7-12-5-4-8(2)6-10(12)13/h4-6,9H,3,7H2,1-2H3,(H,14,15). The molecule has 0 aliphatic rings. The van der Waals surface area contributed by atoms with Crippen molar-refractivity contribution in [1.29, 1.82) is 0 Å². The molecule has 1 rings (SSSR count). The summed E-state index contributed by atoms with van der Waals surface area (Å²) in [6, 6.07) is 3.22. The first-order valence-corrected chi connectivity index (χ1v) is 5.06. The van der Waals surface area contributed by atoms with Crippen molar-refractivity contribution in [2.24, 2.45) is 0 Å². The van der Waals surface area contributed by atoms with Gasteiger partial charge in [0.15, 0.2) is 6.10 Å². The topological polar surface area (TPSA) is 68.5 Å². The van der Waals surface area contributed by atoms with E-state index < -0.39 is 12.1 Å². The number of hydrogen-bond acceptors (Lipinski definition) is 3. The lowest BCUT2D eigenvalue weighted by molar-refractivity contribution is -0.151. The van der Waals surface area contributed by atoms with Gasteiger partial charge in [0.25, 0.3) is 5.56 Å². The first-order chi connectivity index (χ1) is 7.54. The van der Waals surface area contributed by atoms with Gasteiger partial charge in [-0.05, 0) is 25.5 Å². The minimum absolute atomic E-state index is 0.0300. The number of aryl methyl sites for hydroxylation is 1. The fraction of sp³-hybridized carbons (Fsp3) is 0.455. The Labute approximate surface area is 93.3 Å². The number of ether oxygens (including phenoxy) is 1. The zero-order valence-electron chi connectivity index (χ0n) is 9.34. The van der Waals surface area contributed by atoms with Crippen LogP contribution in [0.4, 0.5) is 0 Å². The van der Waals surface area contributed by atoms with Crippen LogP contribution in [0.1, 0.15) is 12.5 Å². The van der Waals surface area contributed by atoms with Gasteiger partial charge in [-0.15, -0.1) is 0 Å². The lowest BCUT2D eigenvalue weighted by atomic mass is 10.3. The van der Waals surface area contributed by atoms with E-state index in [0.29, 0.717) is 6.61 Å². The van der Waals surface area contributed by atoms with E-state index >= 15 is 0 Å². The molecule has 0 aliphatic carbocycles. The fourth-order valence-electron chi connectivity index (χ4n) is 1.34. The van der Waals surface area contributed by atoms with E-state index in [4.69, 9.17) is 9.84 Å². The Hall–Kier alpha value is -1.62. The zero-order chi connectivity index (χ0) is 12.1. The number of carboxylic acids is 1. The van der Waals surface area contributed by atoms with Crippen molar-refractivity contribution in [2.45, 2.75) is 26.5 Å². The second-order valence-corrected chi connectivity index (χ2v) is 3.48. The molecule has 0 radical (unpaired) electrons. The van der Waals surface area contributed by atoms with Crippen molar-refractivity contribution < 1.29 is 14.6 Å². The summed E-state index contributed by atoms with van der Waals surface area (Å²) >= 11 is 0. The van der Waals surface area contributed by atoms with E-state index in [1.807, 2.05) is 6.92 Å². The molecule has 0 fully saturated rings. The Bertz CT molecular complexity index is 424. The summed E-state index contributed by atoms with van der Waals surface area (Å²) in [5.74, 6) is -1.06. The molecule has 0 aromatic carbocycles. The number of nitrogens with zero attached hydrogens (tertiary/aromatic N) is 1. The van der Waals surface area contributed by atoms with Gasteiger partial charge in [-0.25, -0.2) is 4.79 Å². The molecule has 1 heterocycles. The Morgan fingerprint density at radius 3 is 2.81 bits per heavy atom. The van der Waals surface area contributed by atoms with E-state index in [2.05, 4.69) is 0 Å². The molecule has 1 aromatic rings. The average molecular weight is 225 g/mol. The average Bonchev–Trinajstić information content (AvgIpc) is 2.20. The maximum absolute atomic E-state index is 11.5. The van der Waals surface area contributed by atoms with Crippen molar-refractivity contribution in [1.82, 2.24) is 4.57 Å². The van der Waals surface area contributed by atoms with E-state index in [1.165, 1.54) is 10.6 Å². The number of carbonyl (C=O) groups is 1. The minimum atomic E-state index is -1.06. The molecule has 0 saturated heterocycles. The van der Waals surface area contributed by atoms with Crippen LogP contribution >= 0.6 is 0 Å². The van der Waals surface area contributed by atoms with Gasteiger partial charge in [-0.1, -0.05) is 0 Å². The smallest absolute Gasteiger partial charge is 0.334 e. The molecule has 1 N–H and O–H groups in total. The van der Waals surface area contributed by atoms with Gasteiger partial charge in [0.2, 0.25) is 0 Å². The summed E-state index contributed by atoms with van der Waals surface area (Å²) in [5.41, 5.74) is 0.635.